The monoisotopic (exact) mass is 540 g/mol. The highest BCUT2D eigenvalue weighted by atomic mass is 35.5. The number of nitrogens with one attached hydrogen (secondary N) is 1. The molecule has 2 N–H and O–H groups in total. The number of hydrogen-bond acceptors (Lipinski definition) is 7. The molecule has 1 aromatic rings. The Morgan fingerprint density at radius 1 is 1.08 bits per heavy atom. The summed E-state index contributed by atoms with van der Waals surface area (Å²) in [5.41, 5.74) is 1.62. The Kier molecular flexibility index (Phi) is 12.0. The fraction of sp³-hybridized carbons (Fsp3) is 0.667. The first kappa shape index (κ1) is 30.7. The van der Waals surface area contributed by atoms with Gasteiger partial charge in [0.15, 0.2) is 11.5 Å². The smallest absolute Gasteiger partial charge is 0.326 e. The molecule has 3 rings (SSSR count). The molecule has 10 heteroatoms. The fourth-order valence-electron chi connectivity index (χ4n) is 5.38. The van der Waals surface area contributed by atoms with Gasteiger partial charge < -0.3 is 24.2 Å². The number of amides is 1. The van der Waals surface area contributed by atoms with Crippen LogP contribution in [0.4, 0.5) is 0 Å². The molecule has 1 heterocycles. The van der Waals surface area contributed by atoms with Gasteiger partial charge in [-0.1, -0.05) is 32.1 Å². The van der Waals surface area contributed by atoms with E-state index in [0.29, 0.717) is 23.8 Å². The number of nitrogens with zero attached hydrogens (tertiary/aromatic N) is 1. The molecular formula is C27H41ClN2O7. The zero-order valence-corrected chi connectivity index (χ0v) is 23.1. The van der Waals surface area contributed by atoms with Crippen molar-refractivity contribution in [3.63, 3.8) is 0 Å². The number of carbonyl (C=O) groups excluding carboxylic acids is 2. The molecule has 0 aromatic heterocycles. The lowest BCUT2D eigenvalue weighted by molar-refractivity contribution is -0.153. The maximum absolute atomic E-state index is 13.5. The van der Waals surface area contributed by atoms with Crippen LogP contribution in [0, 0.1) is 5.92 Å². The number of carbonyl (C=O) groups is 3. The van der Waals surface area contributed by atoms with Gasteiger partial charge in [-0.3, -0.25) is 14.9 Å². The van der Waals surface area contributed by atoms with Crippen LogP contribution in [-0.2, 0) is 32.1 Å². The van der Waals surface area contributed by atoms with Crippen molar-refractivity contribution in [1.29, 1.82) is 0 Å². The first-order valence-electron chi connectivity index (χ1n) is 13.0. The Balaban J connectivity index is 0.00000481. The Hall–Kier alpha value is -2.52. The van der Waals surface area contributed by atoms with Crippen LogP contribution >= 0.6 is 12.4 Å². The molecule has 0 saturated heterocycles. The van der Waals surface area contributed by atoms with Crippen molar-refractivity contribution in [2.75, 3.05) is 20.8 Å². The topological polar surface area (TPSA) is 114 Å². The summed E-state index contributed by atoms with van der Waals surface area (Å²) in [6.07, 6.45) is 7.70. The molecule has 2 aliphatic rings. The second kappa shape index (κ2) is 14.4. The summed E-state index contributed by atoms with van der Waals surface area (Å²) in [6.45, 7) is 3.83. The summed E-state index contributed by atoms with van der Waals surface area (Å²) >= 11 is 0. The fourth-order valence-corrected chi connectivity index (χ4v) is 5.38. The molecule has 0 bridgehead atoms. The van der Waals surface area contributed by atoms with E-state index in [1.54, 1.807) is 26.0 Å². The Morgan fingerprint density at radius 3 is 2.27 bits per heavy atom. The minimum Gasteiger partial charge on any atom is -0.493 e. The van der Waals surface area contributed by atoms with Crippen LogP contribution in [0.15, 0.2) is 12.1 Å². The third kappa shape index (κ3) is 7.74. The molecule has 37 heavy (non-hydrogen) atoms. The van der Waals surface area contributed by atoms with Crippen LogP contribution in [0.3, 0.4) is 0 Å². The number of halogens is 1. The second-order valence-corrected chi connectivity index (χ2v) is 9.77. The van der Waals surface area contributed by atoms with Crippen LogP contribution in [0.5, 0.6) is 11.5 Å². The van der Waals surface area contributed by atoms with Gasteiger partial charge in [0, 0.05) is 13.0 Å². The quantitative estimate of drug-likeness (QED) is 0.408. The lowest BCUT2D eigenvalue weighted by Gasteiger charge is -2.37. The number of fused-ring (bicyclic) bond motifs is 1. The number of rotatable bonds is 11. The number of benzene rings is 1. The SMILES string of the molecule is CCOC(=O)C(CCC1CCCCC1)NC(C)C(=O)N1Cc2cc(OC)c(OC)cc2CC1C(=O)O.Cl. The van der Waals surface area contributed by atoms with Crippen molar-refractivity contribution in [3.05, 3.63) is 23.3 Å². The zero-order chi connectivity index (χ0) is 26.2. The Labute approximate surface area is 225 Å². The van der Waals surface area contributed by atoms with Gasteiger partial charge >= 0.3 is 11.9 Å². The number of carboxylic acids is 1. The highest BCUT2D eigenvalue weighted by Crippen LogP contribution is 2.35. The maximum Gasteiger partial charge on any atom is 0.326 e. The summed E-state index contributed by atoms with van der Waals surface area (Å²) in [5, 5.41) is 13.1. The first-order chi connectivity index (χ1) is 17.3. The van der Waals surface area contributed by atoms with E-state index in [-0.39, 0.29) is 43.9 Å². The molecule has 1 aliphatic carbocycles. The predicted molar refractivity (Wildman–Crippen MR) is 141 cm³/mol. The van der Waals surface area contributed by atoms with Crippen LogP contribution < -0.4 is 14.8 Å². The van der Waals surface area contributed by atoms with Crippen molar-refractivity contribution in [2.45, 2.75) is 89.9 Å². The predicted octanol–water partition coefficient (Wildman–Crippen LogP) is 3.73. The molecule has 0 radical (unpaired) electrons. The van der Waals surface area contributed by atoms with Gasteiger partial charge in [0.2, 0.25) is 5.91 Å². The lowest BCUT2D eigenvalue weighted by Crippen LogP contribution is -2.56. The highest BCUT2D eigenvalue weighted by Gasteiger charge is 2.38. The number of ether oxygens (including phenoxy) is 3. The summed E-state index contributed by atoms with van der Waals surface area (Å²) in [7, 11) is 3.06. The first-order valence-corrected chi connectivity index (χ1v) is 13.0. The Bertz CT molecular complexity index is 936. The molecule has 1 aromatic carbocycles. The molecule has 3 atom stereocenters. The third-order valence-electron chi connectivity index (χ3n) is 7.39. The van der Waals surface area contributed by atoms with Gasteiger partial charge in [0.25, 0.3) is 0 Å². The average Bonchev–Trinajstić information content (AvgIpc) is 2.89. The normalized spacial score (nSPS) is 19.1. The van der Waals surface area contributed by atoms with Crippen molar-refractivity contribution in [2.24, 2.45) is 5.92 Å². The minimum atomic E-state index is -1.07. The van der Waals surface area contributed by atoms with Crippen LogP contribution in [-0.4, -0.2) is 66.8 Å². The zero-order valence-electron chi connectivity index (χ0n) is 22.3. The van der Waals surface area contributed by atoms with Gasteiger partial charge in [-0.2, -0.15) is 0 Å². The number of aliphatic carboxylic acids is 1. The van der Waals surface area contributed by atoms with E-state index in [2.05, 4.69) is 5.32 Å². The van der Waals surface area contributed by atoms with Gasteiger partial charge in [0.1, 0.15) is 12.1 Å². The molecule has 9 nitrogen and oxygen atoms in total. The molecule has 208 valence electrons. The molecule has 1 aliphatic heterocycles. The molecule has 1 fully saturated rings. The van der Waals surface area contributed by atoms with Crippen LogP contribution in [0.2, 0.25) is 0 Å². The number of methoxy groups -OCH3 is 2. The molecular weight excluding hydrogens is 500 g/mol. The van der Waals surface area contributed by atoms with E-state index in [4.69, 9.17) is 14.2 Å². The molecule has 1 amide bonds. The summed E-state index contributed by atoms with van der Waals surface area (Å²) in [6, 6.07) is 1.17. The van der Waals surface area contributed by atoms with E-state index < -0.39 is 24.1 Å². The largest absolute Gasteiger partial charge is 0.493 e. The summed E-state index contributed by atoms with van der Waals surface area (Å²) in [5.74, 6) is -0.182. The van der Waals surface area contributed by atoms with Crippen molar-refractivity contribution in [3.8, 4) is 11.5 Å². The molecule has 3 unspecified atom stereocenters. The van der Waals surface area contributed by atoms with E-state index in [0.717, 1.165) is 17.5 Å². The summed E-state index contributed by atoms with van der Waals surface area (Å²) in [4.78, 5) is 39.7. The van der Waals surface area contributed by atoms with Crippen molar-refractivity contribution < 1.29 is 33.7 Å². The lowest BCUT2D eigenvalue weighted by atomic mass is 9.85. The van der Waals surface area contributed by atoms with Crippen molar-refractivity contribution >= 4 is 30.3 Å². The van der Waals surface area contributed by atoms with E-state index in [1.807, 2.05) is 0 Å². The minimum absolute atomic E-state index is 0. The molecule has 1 saturated carbocycles. The maximum atomic E-state index is 13.5. The number of carboxylic acid groups (broad SMARTS) is 1. The number of hydrogen-bond donors (Lipinski definition) is 2. The van der Waals surface area contributed by atoms with Gasteiger partial charge in [-0.25, -0.2) is 4.79 Å². The average molecular weight is 541 g/mol. The van der Waals surface area contributed by atoms with Gasteiger partial charge in [-0.15, -0.1) is 12.4 Å². The molecule has 0 spiro atoms. The van der Waals surface area contributed by atoms with Crippen LogP contribution in [0.25, 0.3) is 0 Å². The van der Waals surface area contributed by atoms with Crippen molar-refractivity contribution in [1.82, 2.24) is 10.2 Å². The third-order valence-corrected chi connectivity index (χ3v) is 7.39. The standard InChI is InChI=1S/C27H40N2O7.ClH/c1-5-36-27(33)21(12-11-18-9-7-6-8-10-18)28-17(2)25(30)29-16-20-15-24(35-4)23(34-3)14-19(20)13-22(29)26(31)32;/h14-15,17-18,21-22,28H,5-13,16H2,1-4H3,(H,31,32);1H. The number of esters is 1. The van der Waals surface area contributed by atoms with E-state index >= 15 is 0 Å². The highest BCUT2D eigenvalue weighted by molar-refractivity contribution is 5.88. The second-order valence-electron chi connectivity index (χ2n) is 9.77. The van der Waals surface area contributed by atoms with Gasteiger partial charge in [-0.05, 0) is 55.9 Å². The summed E-state index contributed by atoms with van der Waals surface area (Å²) < 4.78 is 16.0. The van der Waals surface area contributed by atoms with E-state index in [1.165, 1.54) is 51.2 Å². The van der Waals surface area contributed by atoms with Crippen LogP contribution in [0.1, 0.15) is 69.9 Å². The Morgan fingerprint density at radius 2 is 1.70 bits per heavy atom. The van der Waals surface area contributed by atoms with Gasteiger partial charge in [0.05, 0.1) is 26.9 Å². The van der Waals surface area contributed by atoms with E-state index in [9.17, 15) is 19.5 Å².